The molecule has 0 saturated carbocycles. The van der Waals surface area contributed by atoms with Gasteiger partial charge in [-0.25, -0.2) is 13.1 Å². The third-order valence-corrected chi connectivity index (χ3v) is 5.76. The third-order valence-electron chi connectivity index (χ3n) is 4.32. The minimum absolute atomic E-state index is 0.0985. The van der Waals surface area contributed by atoms with E-state index in [-0.39, 0.29) is 23.4 Å². The van der Waals surface area contributed by atoms with E-state index < -0.39 is 10.0 Å². The van der Waals surface area contributed by atoms with Gasteiger partial charge in [-0.05, 0) is 37.3 Å². The number of carbonyl (C=O) groups is 1. The predicted octanol–water partition coefficient (Wildman–Crippen LogP) is 2.99. The molecule has 1 N–H and O–H groups in total. The zero-order valence-corrected chi connectivity index (χ0v) is 16.5. The quantitative estimate of drug-likeness (QED) is 0.706. The predicted molar refractivity (Wildman–Crippen MR) is 105 cm³/mol. The van der Waals surface area contributed by atoms with Gasteiger partial charge in [-0.15, -0.1) is 6.58 Å². The molecule has 1 atom stereocenters. The average Bonchev–Trinajstić information content (AvgIpc) is 2.70. The van der Waals surface area contributed by atoms with E-state index in [1.54, 1.807) is 19.1 Å². The van der Waals surface area contributed by atoms with Gasteiger partial charge in [0.2, 0.25) is 10.0 Å². The van der Waals surface area contributed by atoms with E-state index in [4.69, 9.17) is 4.74 Å². The molecular weight excluding hydrogens is 364 g/mol. The number of para-hydroxylation sites is 1. The Labute approximate surface area is 160 Å². The average molecular weight is 388 g/mol. The summed E-state index contributed by atoms with van der Waals surface area (Å²) in [4.78, 5) is 14.5. The summed E-state index contributed by atoms with van der Waals surface area (Å²) < 4.78 is 32.0. The summed E-state index contributed by atoms with van der Waals surface area (Å²) in [6.45, 7) is 5.53. The molecule has 0 aliphatic rings. The van der Waals surface area contributed by atoms with E-state index in [1.807, 2.05) is 31.2 Å². The standard InChI is InChI=1S/C20H24N2O4S/c1-5-14-21-27(24,25)17-12-10-16(11-13-17)20(23)22(3)15(2)18-8-6-7-9-19(18)26-4/h5-13,15,21H,1,14H2,2-4H3. The molecule has 0 heterocycles. The molecule has 2 rings (SSSR count). The van der Waals surface area contributed by atoms with Crippen LogP contribution in [-0.4, -0.2) is 39.9 Å². The lowest BCUT2D eigenvalue weighted by atomic mass is 10.0. The lowest BCUT2D eigenvalue weighted by molar-refractivity contribution is 0.0741. The Balaban J connectivity index is 2.20. The lowest BCUT2D eigenvalue weighted by Crippen LogP contribution is -2.30. The van der Waals surface area contributed by atoms with E-state index in [0.29, 0.717) is 11.3 Å². The second-order valence-corrected chi connectivity index (χ2v) is 7.77. The largest absolute Gasteiger partial charge is 0.496 e. The molecule has 0 aliphatic heterocycles. The number of amides is 1. The van der Waals surface area contributed by atoms with Crippen LogP contribution in [0.3, 0.4) is 0 Å². The van der Waals surface area contributed by atoms with Crippen molar-refractivity contribution in [1.82, 2.24) is 9.62 Å². The first-order valence-corrected chi connectivity index (χ1v) is 9.91. The van der Waals surface area contributed by atoms with Crippen LogP contribution in [0.5, 0.6) is 5.75 Å². The molecule has 0 spiro atoms. The van der Waals surface area contributed by atoms with Gasteiger partial charge in [0.15, 0.2) is 0 Å². The van der Waals surface area contributed by atoms with Crippen LogP contribution in [0.1, 0.15) is 28.9 Å². The van der Waals surface area contributed by atoms with Gasteiger partial charge >= 0.3 is 0 Å². The zero-order chi connectivity index (χ0) is 20.0. The number of nitrogens with one attached hydrogen (secondary N) is 1. The Morgan fingerprint density at radius 1 is 1.22 bits per heavy atom. The van der Waals surface area contributed by atoms with E-state index in [9.17, 15) is 13.2 Å². The highest BCUT2D eigenvalue weighted by Gasteiger charge is 2.22. The molecule has 2 aromatic rings. The number of hydrogen-bond donors (Lipinski definition) is 1. The number of rotatable bonds is 8. The van der Waals surface area contributed by atoms with Crippen molar-refractivity contribution in [3.8, 4) is 5.75 Å². The van der Waals surface area contributed by atoms with Crippen LogP contribution in [0.25, 0.3) is 0 Å². The lowest BCUT2D eigenvalue weighted by Gasteiger charge is -2.26. The van der Waals surface area contributed by atoms with Crippen molar-refractivity contribution >= 4 is 15.9 Å². The molecule has 0 bridgehead atoms. The van der Waals surface area contributed by atoms with Gasteiger partial charge in [-0.3, -0.25) is 4.79 Å². The smallest absolute Gasteiger partial charge is 0.254 e. The SMILES string of the molecule is C=CCNS(=O)(=O)c1ccc(C(=O)N(C)C(C)c2ccccc2OC)cc1. The Bertz CT molecular complexity index is 908. The second kappa shape index (κ2) is 8.83. The van der Waals surface area contributed by atoms with Gasteiger partial charge < -0.3 is 9.64 Å². The summed E-state index contributed by atoms with van der Waals surface area (Å²) in [5.41, 5.74) is 1.30. The molecule has 6 nitrogen and oxygen atoms in total. The van der Waals surface area contributed by atoms with Gasteiger partial charge in [-0.1, -0.05) is 24.3 Å². The van der Waals surface area contributed by atoms with Crippen LogP contribution < -0.4 is 9.46 Å². The summed E-state index contributed by atoms with van der Waals surface area (Å²) in [6.07, 6.45) is 1.46. The van der Waals surface area contributed by atoms with Crippen LogP contribution in [0.4, 0.5) is 0 Å². The minimum atomic E-state index is -3.62. The maximum Gasteiger partial charge on any atom is 0.254 e. The first-order valence-electron chi connectivity index (χ1n) is 8.42. The second-order valence-electron chi connectivity index (χ2n) is 6.00. The molecule has 0 radical (unpaired) electrons. The highest BCUT2D eigenvalue weighted by Crippen LogP contribution is 2.29. The van der Waals surface area contributed by atoms with Crippen molar-refractivity contribution in [2.45, 2.75) is 17.9 Å². The van der Waals surface area contributed by atoms with Crippen LogP contribution in [-0.2, 0) is 10.0 Å². The van der Waals surface area contributed by atoms with Crippen LogP contribution >= 0.6 is 0 Å². The Kier molecular flexibility index (Phi) is 6.76. The Morgan fingerprint density at radius 2 is 1.85 bits per heavy atom. The minimum Gasteiger partial charge on any atom is -0.496 e. The molecular formula is C20H24N2O4S. The molecule has 1 amide bonds. The number of hydrogen-bond acceptors (Lipinski definition) is 4. The summed E-state index contributed by atoms with van der Waals surface area (Å²) in [5.74, 6) is 0.496. The van der Waals surface area contributed by atoms with E-state index in [2.05, 4.69) is 11.3 Å². The molecule has 0 aliphatic carbocycles. The van der Waals surface area contributed by atoms with E-state index in [0.717, 1.165) is 5.56 Å². The maximum atomic E-state index is 12.8. The maximum absolute atomic E-state index is 12.8. The van der Waals surface area contributed by atoms with Crippen LogP contribution in [0, 0.1) is 0 Å². The Hall–Kier alpha value is -2.64. The van der Waals surface area contributed by atoms with Crippen LogP contribution in [0.15, 0.2) is 66.1 Å². The van der Waals surface area contributed by atoms with Gasteiger partial charge in [-0.2, -0.15) is 0 Å². The number of ether oxygens (including phenoxy) is 1. The first-order chi connectivity index (χ1) is 12.8. The first kappa shape index (κ1) is 20.7. The monoisotopic (exact) mass is 388 g/mol. The van der Waals surface area contributed by atoms with Crippen LogP contribution in [0.2, 0.25) is 0 Å². The van der Waals surface area contributed by atoms with Gasteiger partial charge in [0, 0.05) is 24.7 Å². The van der Waals surface area contributed by atoms with Gasteiger partial charge in [0.25, 0.3) is 5.91 Å². The number of sulfonamides is 1. The zero-order valence-electron chi connectivity index (χ0n) is 15.7. The van der Waals surface area contributed by atoms with Crippen molar-refractivity contribution in [1.29, 1.82) is 0 Å². The highest BCUT2D eigenvalue weighted by molar-refractivity contribution is 7.89. The summed E-state index contributed by atoms with van der Waals surface area (Å²) in [5, 5.41) is 0. The number of nitrogens with zero attached hydrogens (tertiary/aromatic N) is 1. The van der Waals surface area contributed by atoms with Crippen molar-refractivity contribution < 1.29 is 17.9 Å². The van der Waals surface area contributed by atoms with Crippen molar-refractivity contribution in [3.05, 3.63) is 72.3 Å². The topological polar surface area (TPSA) is 75.7 Å². The molecule has 1 unspecified atom stereocenters. The molecule has 27 heavy (non-hydrogen) atoms. The molecule has 0 saturated heterocycles. The number of benzene rings is 2. The Morgan fingerprint density at radius 3 is 2.44 bits per heavy atom. The molecule has 0 fully saturated rings. The van der Waals surface area contributed by atoms with Crippen molar-refractivity contribution in [3.63, 3.8) is 0 Å². The van der Waals surface area contributed by atoms with E-state index >= 15 is 0 Å². The van der Waals surface area contributed by atoms with Gasteiger partial charge in [0.1, 0.15) is 5.75 Å². The highest BCUT2D eigenvalue weighted by atomic mass is 32.2. The summed E-state index contributed by atoms with van der Waals surface area (Å²) >= 11 is 0. The summed E-state index contributed by atoms with van der Waals surface area (Å²) in [7, 11) is -0.322. The molecule has 144 valence electrons. The van der Waals surface area contributed by atoms with E-state index in [1.165, 1.54) is 30.3 Å². The number of carbonyl (C=O) groups excluding carboxylic acids is 1. The van der Waals surface area contributed by atoms with Crippen molar-refractivity contribution in [2.24, 2.45) is 0 Å². The fraction of sp³-hybridized carbons (Fsp3) is 0.250. The number of methoxy groups -OCH3 is 1. The molecule has 0 aromatic heterocycles. The normalized spacial score (nSPS) is 12.3. The van der Waals surface area contributed by atoms with Crippen molar-refractivity contribution in [2.75, 3.05) is 20.7 Å². The third kappa shape index (κ3) is 4.75. The molecule has 7 heteroatoms. The molecule has 2 aromatic carbocycles. The fourth-order valence-electron chi connectivity index (χ4n) is 2.63. The van der Waals surface area contributed by atoms with Gasteiger partial charge in [0.05, 0.1) is 18.0 Å². The fourth-order valence-corrected chi connectivity index (χ4v) is 3.63. The summed E-state index contributed by atoms with van der Waals surface area (Å²) in [6, 6.07) is 13.2.